The van der Waals surface area contributed by atoms with Gasteiger partial charge in [0.05, 0.1) is 14.2 Å². The summed E-state index contributed by atoms with van der Waals surface area (Å²) in [6, 6.07) is 13.8. The number of hydrogen-bond donors (Lipinski definition) is 2. The highest BCUT2D eigenvalue weighted by atomic mass is 16.5. The van der Waals surface area contributed by atoms with Crippen molar-refractivity contribution in [3.63, 3.8) is 0 Å². The molecule has 1 aliphatic heterocycles. The molecule has 29 heavy (non-hydrogen) atoms. The van der Waals surface area contributed by atoms with Crippen LogP contribution in [0, 0.1) is 6.92 Å². The van der Waals surface area contributed by atoms with Gasteiger partial charge in [0, 0.05) is 31.7 Å². The number of carbonyl (C=O) groups is 1. The minimum Gasteiger partial charge on any atom is -0.493 e. The Morgan fingerprint density at radius 1 is 1.17 bits per heavy atom. The molecule has 0 aliphatic carbocycles. The minimum atomic E-state index is -1.39. The Hall–Kier alpha value is -2.57. The number of piperidine rings is 1. The molecule has 2 aromatic carbocycles. The van der Waals surface area contributed by atoms with Crippen molar-refractivity contribution >= 4 is 5.91 Å². The number of ether oxygens (including phenoxy) is 2. The monoisotopic (exact) mass is 398 g/mol. The zero-order valence-corrected chi connectivity index (χ0v) is 17.4. The van der Waals surface area contributed by atoms with Gasteiger partial charge in [0.1, 0.15) is 0 Å². The van der Waals surface area contributed by atoms with Gasteiger partial charge in [0.25, 0.3) is 5.91 Å². The van der Waals surface area contributed by atoms with Crippen molar-refractivity contribution in [3.8, 4) is 11.5 Å². The number of benzene rings is 2. The SMILES string of the molecule is COc1cccc(CN2CCCC(O)(CNCc3cccc(C)c3)C2=O)c1OC. The molecule has 1 amide bonds. The van der Waals surface area contributed by atoms with E-state index in [1.165, 1.54) is 5.56 Å². The summed E-state index contributed by atoms with van der Waals surface area (Å²) in [5.74, 6) is 1.00. The van der Waals surface area contributed by atoms with Gasteiger partial charge in [-0.25, -0.2) is 0 Å². The van der Waals surface area contributed by atoms with Gasteiger partial charge in [0.15, 0.2) is 17.1 Å². The molecule has 0 aromatic heterocycles. The summed E-state index contributed by atoms with van der Waals surface area (Å²) in [4.78, 5) is 14.8. The summed E-state index contributed by atoms with van der Waals surface area (Å²) in [5.41, 5.74) is 1.79. The number of para-hydroxylation sites is 1. The lowest BCUT2D eigenvalue weighted by Gasteiger charge is -2.38. The van der Waals surface area contributed by atoms with Crippen LogP contribution in [0.5, 0.6) is 11.5 Å². The van der Waals surface area contributed by atoms with E-state index in [1.807, 2.05) is 43.3 Å². The third-order valence-electron chi connectivity index (χ3n) is 5.38. The molecular weight excluding hydrogens is 368 g/mol. The van der Waals surface area contributed by atoms with Gasteiger partial charge in [-0.2, -0.15) is 0 Å². The normalized spacial score (nSPS) is 19.3. The van der Waals surface area contributed by atoms with Crippen LogP contribution in [0.1, 0.15) is 29.5 Å². The van der Waals surface area contributed by atoms with Gasteiger partial charge in [-0.1, -0.05) is 42.0 Å². The number of aliphatic hydroxyl groups is 1. The maximum atomic E-state index is 13.1. The van der Waals surface area contributed by atoms with E-state index >= 15 is 0 Å². The first-order chi connectivity index (χ1) is 14.0. The Balaban J connectivity index is 1.66. The predicted molar refractivity (Wildman–Crippen MR) is 112 cm³/mol. The Labute approximate surface area is 172 Å². The van der Waals surface area contributed by atoms with E-state index in [2.05, 4.69) is 11.4 Å². The quantitative estimate of drug-likeness (QED) is 0.715. The van der Waals surface area contributed by atoms with E-state index in [-0.39, 0.29) is 12.5 Å². The van der Waals surface area contributed by atoms with E-state index in [0.717, 1.165) is 17.5 Å². The van der Waals surface area contributed by atoms with Crippen molar-refractivity contribution in [1.29, 1.82) is 0 Å². The van der Waals surface area contributed by atoms with Crippen molar-refractivity contribution in [2.45, 2.75) is 38.5 Å². The van der Waals surface area contributed by atoms with Crippen LogP contribution in [0.25, 0.3) is 0 Å². The summed E-state index contributed by atoms with van der Waals surface area (Å²) in [6.07, 6.45) is 1.21. The summed E-state index contributed by atoms with van der Waals surface area (Å²) < 4.78 is 10.8. The molecule has 1 aliphatic rings. The maximum Gasteiger partial charge on any atom is 0.256 e. The fourth-order valence-corrected chi connectivity index (χ4v) is 3.90. The molecule has 0 spiro atoms. The van der Waals surface area contributed by atoms with Crippen LogP contribution in [0.15, 0.2) is 42.5 Å². The van der Waals surface area contributed by atoms with Crippen molar-refractivity contribution in [1.82, 2.24) is 10.2 Å². The smallest absolute Gasteiger partial charge is 0.256 e. The fourth-order valence-electron chi connectivity index (χ4n) is 3.90. The van der Waals surface area contributed by atoms with E-state index < -0.39 is 5.60 Å². The third kappa shape index (κ3) is 4.89. The standard InChI is InChI=1S/C23H30N2O4/c1-17-7-4-8-18(13-17)14-24-16-23(27)11-6-12-25(22(23)26)15-19-9-5-10-20(28-2)21(19)29-3/h4-5,7-10,13,24,27H,6,11-12,14-16H2,1-3H3. The molecule has 2 aromatic rings. The average Bonchev–Trinajstić information content (AvgIpc) is 2.71. The largest absolute Gasteiger partial charge is 0.493 e. The molecule has 156 valence electrons. The van der Waals surface area contributed by atoms with E-state index in [0.29, 0.717) is 37.6 Å². The fraction of sp³-hybridized carbons (Fsp3) is 0.435. The second-order valence-corrected chi connectivity index (χ2v) is 7.61. The topological polar surface area (TPSA) is 71.0 Å². The molecule has 0 saturated carbocycles. The molecule has 2 N–H and O–H groups in total. The Kier molecular flexibility index (Phi) is 6.77. The lowest BCUT2D eigenvalue weighted by molar-refractivity contribution is -0.157. The first kappa shape index (κ1) is 21.1. The predicted octanol–water partition coefficient (Wildman–Crippen LogP) is 2.66. The molecule has 1 saturated heterocycles. The minimum absolute atomic E-state index is 0.228. The van der Waals surface area contributed by atoms with Gasteiger partial charge in [-0.3, -0.25) is 4.79 Å². The van der Waals surface area contributed by atoms with Gasteiger partial charge >= 0.3 is 0 Å². The van der Waals surface area contributed by atoms with E-state index in [4.69, 9.17) is 9.47 Å². The number of amides is 1. The highest BCUT2D eigenvalue weighted by Gasteiger charge is 2.42. The van der Waals surface area contributed by atoms with Crippen LogP contribution in [0.3, 0.4) is 0 Å². The Morgan fingerprint density at radius 2 is 1.97 bits per heavy atom. The van der Waals surface area contributed by atoms with Crippen LogP contribution in [0.4, 0.5) is 0 Å². The van der Waals surface area contributed by atoms with Crippen molar-refractivity contribution in [2.75, 3.05) is 27.3 Å². The van der Waals surface area contributed by atoms with Crippen LogP contribution in [-0.2, 0) is 17.9 Å². The summed E-state index contributed by atoms with van der Waals surface area (Å²) in [5, 5.41) is 14.3. The lowest BCUT2D eigenvalue weighted by Crippen LogP contribution is -2.57. The number of hydrogen-bond acceptors (Lipinski definition) is 5. The maximum absolute atomic E-state index is 13.1. The van der Waals surface area contributed by atoms with E-state index in [1.54, 1.807) is 19.1 Å². The molecular formula is C23H30N2O4. The molecule has 1 atom stereocenters. The highest BCUT2D eigenvalue weighted by Crippen LogP contribution is 2.33. The number of rotatable bonds is 8. The molecule has 3 rings (SSSR count). The van der Waals surface area contributed by atoms with Crippen LogP contribution in [0.2, 0.25) is 0 Å². The number of likely N-dealkylation sites (tertiary alicyclic amines) is 1. The second-order valence-electron chi connectivity index (χ2n) is 7.61. The first-order valence-corrected chi connectivity index (χ1v) is 9.95. The molecule has 1 unspecified atom stereocenters. The van der Waals surface area contributed by atoms with Crippen LogP contribution >= 0.6 is 0 Å². The van der Waals surface area contributed by atoms with E-state index in [9.17, 15) is 9.90 Å². The average molecular weight is 399 g/mol. The number of nitrogens with zero attached hydrogens (tertiary/aromatic N) is 1. The van der Waals surface area contributed by atoms with Crippen molar-refractivity contribution in [2.24, 2.45) is 0 Å². The molecule has 0 bridgehead atoms. The van der Waals surface area contributed by atoms with Crippen molar-refractivity contribution < 1.29 is 19.4 Å². The van der Waals surface area contributed by atoms with Gasteiger partial charge in [-0.15, -0.1) is 0 Å². The molecule has 6 nitrogen and oxygen atoms in total. The first-order valence-electron chi connectivity index (χ1n) is 9.95. The summed E-state index contributed by atoms with van der Waals surface area (Å²) in [6.45, 7) is 3.87. The summed E-state index contributed by atoms with van der Waals surface area (Å²) >= 11 is 0. The Morgan fingerprint density at radius 3 is 2.69 bits per heavy atom. The number of aryl methyl sites for hydroxylation is 1. The molecule has 1 fully saturated rings. The molecule has 0 radical (unpaired) electrons. The third-order valence-corrected chi connectivity index (χ3v) is 5.38. The molecule has 6 heteroatoms. The van der Waals surface area contributed by atoms with Gasteiger partial charge in [0.2, 0.25) is 0 Å². The number of nitrogens with one attached hydrogen (secondary N) is 1. The zero-order chi connectivity index (χ0) is 20.9. The van der Waals surface area contributed by atoms with Gasteiger partial charge in [-0.05, 0) is 31.4 Å². The summed E-state index contributed by atoms with van der Waals surface area (Å²) in [7, 11) is 3.18. The van der Waals surface area contributed by atoms with Gasteiger partial charge < -0.3 is 24.8 Å². The van der Waals surface area contributed by atoms with Crippen molar-refractivity contribution in [3.05, 3.63) is 59.2 Å². The second kappa shape index (κ2) is 9.29. The zero-order valence-electron chi connectivity index (χ0n) is 17.4. The number of carbonyl (C=O) groups excluding carboxylic acids is 1. The highest BCUT2D eigenvalue weighted by molar-refractivity contribution is 5.86. The number of methoxy groups -OCH3 is 2. The Bertz CT molecular complexity index is 855. The molecule has 1 heterocycles. The van der Waals surface area contributed by atoms with Crippen LogP contribution < -0.4 is 14.8 Å². The lowest BCUT2D eigenvalue weighted by atomic mass is 9.91. The van der Waals surface area contributed by atoms with Crippen LogP contribution in [-0.4, -0.2) is 48.8 Å².